The molecule has 0 radical (unpaired) electrons. The van der Waals surface area contributed by atoms with Gasteiger partial charge in [0.1, 0.15) is 0 Å². The highest BCUT2D eigenvalue weighted by molar-refractivity contribution is 7.89. The second-order valence-corrected chi connectivity index (χ2v) is 8.97. The number of carbonyl (C=O) groups is 1. The number of piperidine rings is 1. The molecule has 1 N–H and O–H groups in total. The molecule has 1 aromatic heterocycles. The van der Waals surface area contributed by atoms with Gasteiger partial charge < -0.3 is 5.32 Å². The number of amides is 1. The van der Waals surface area contributed by atoms with Crippen LogP contribution in [0.3, 0.4) is 0 Å². The van der Waals surface area contributed by atoms with Crippen LogP contribution in [-0.2, 0) is 21.4 Å². The second kappa shape index (κ2) is 8.37. The third-order valence-corrected chi connectivity index (χ3v) is 6.87. The largest absolute Gasteiger partial charge is 0.319 e. The van der Waals surface area contributed by atoms with Crippen LogP contribution in [0.1, 0.15) is 25.0 Å². The molecule has 3 rings (SSSR count). The number of halogens is 1. The van der Waals surface area contributed by atoms with Gasteiger partial charge in [-0.15, -0.1) is 0 Å². The van der Waals surface area contributed by atoms with E-state index in [1.54, 1.807) is 4.57 Å². The van der Waals surface area contributed by atoms with E-state index in [1.165, 1.54) is 22.5 Å². The first-order valence-electron chi connectivity index (χ1n) is 8.92. The quantitative estimate of drug-likeness (QED) is 0.773. The molecule has 1 aliphatic heterocycles. The van der Waals surface area contributed by atoms with E-state index < -0.39 is 10.0 Å². The van der Waals surface area contributed by atoms with Gasteiger partial charge in [0.15, 0.2) is 11.9 Å². The number of hydrogen-bond donors (Lipinski definition) is 1. The predicted molar refractivity (Wildman–Crippen MR) is 104 cm³/mol. The van der Waals surface area contributed by atoms with Crippen LogP contribution in [0.5, 0.6) is 0 Å². The molecule has 2 heterocycles. The number of nitrogens with zero attached hydrogens (tertiary/aromatic N) is 2. The normalized spacial score (nSPS) is 15.5. The van der Waals surface area contributed by atoms with Gasteiger partial charge in [-0.1, -0.05) is 24.1 Å². The molecule has 0 unspecified atom stereocenters. The molecule has 1 aliphatic rings. The van der Waals surface area contributed by atoms with Crippen LogP contribution in [0.25, 0.3) is 0 Å². The Bertz CT molecular complexity index is 941. The summed E-state index contributed by atoms with van der Waals surface area (Å²) in [6, 6.07) is 10.1. The summed E-state index contributed by atoms with van der Waals surface area (Å²) >= 11 is 6.18. The van der Waals surface area contributed by atoms with Crippen molar-refractivity contribution in [1.82, 2.24) is 4.31 Å². The summed E-state index contributed by atoms with van der Waals surface area (Å²) in [5.74, 6) is -0.274. The number of pyridine rings is 1. The van der Waals surface area contributed by atoms with Gasteiger partial charge in [-0.3, -0.25) is 4.79 Å². The lowest BCUT2D eigenvalue weighted by molar-refractivity contribution is -0.690. The number of carbonyl (C=O) groups excluding carboxylic acids is 1. The number of aryl methyl sites for hydroxylation is 1. The summed E-state index contributed by atoms with van der Waals surface area (Å²) in [5.41, 5.74) is 1.24. The van der Waals surface area contributed by atoms with Crippen LogP contribution in [-0.4, -0.2) is 31.7 Å². The number of anilines is 1. The summed E-state index contributed by atoms with van der Waals surface area (Å²) in [5, 5.41) is 3.03. The van der Waals surface area contributed by atoms with Crippen molar-refractivity contribution in [2.75, 3.05) is 18.4 Å². The molecule has 0 spiro atoms. The molecule has 27 heavy (non-hydrogen) atoms. The zero-order valence-electron chi connectivity index (χ0n) is 15.2. The minimum Gasteiger partial charge on any atom is -0.319 e. The number of nitrogens with one attached hydrogen (secondary N) is 1. The van der Waals surface area contributed by atoms with Crippen molar-refractivity contribution >= 4 is 33.2 Å². The maximum atomic E-state index is 12.8. The molecule has 0 atom stereocenters. The van der Waals surface area contributed by atoms with Gasteiger partial charge in [0.2, 0.25) is 16.6 Å². The average molecular weight is 409 g/mol. The zero-order chi connectivity index (χ0) is 19.4. The summed E-state index contributed by atoms with van der Waals surface area (Å²) < 4.78 is 29.0. The minimum absolute atomic E-state index is 0.117. The first kappa shape index (κ1) is 19.8. The fraction of sp³-hybridized carbons (Fsp3) is 0.368. The Kier molecular flexibility index (Phi) is 6.14. The Labute approximate surface area is 164 Å². The zero-order valence-corrected chi connectivity index (χ0v) is 16.8. The Morgan fingerprint density at radius 2 is 1.93 bits per heavy atom. The van der Waals surface area contributed by atoms with Crippen molar-refractivity contribution in [3.63, 3.8) is 0 Å². The molecule has 0 aliphatic carbocycles. The third-order valence-electron chi connectivity index (χ3n) is 4.65. The Morgan fingerprint density at radius 3 is 2.63 bits per heavy atom. The highest BCUT2D eigenvalue weighted by atomic mass is 35.5. The number of rotatable bonds is 5. The van der Waals surface area contributed by atoms with Gasteiger partial charge in [-0.2, -0.15) is 8.87 Å². The molecular formula is C19H23ClN3O3S+. The van der Waals surface area contributed by atoms with Crippen LogP contribution in [0, 0.1) is 6.92 Å². The third kappa shape index (κ3) is 4.66. The van der Waals surface area contributed by atoms with Gasteiger partial charge in [0.05, 0.1) is 15.6 Å². The maximum Gasteiger partial charge on any atom is 0.290 e. The van der Waals surface area contributed by atoms with E-state index >= 15 is 0 Å². The minimum atomic E-state index is -3.58. The van der Waals surface area contributed by atoms with Crippen molar-refractivity contribution in [3.05, 3.63) is 53.3 Å². The lowest BCUT2D eigenvalue weighted by atomic mass is 10.2. The smallest absolute Gasteiger partial charge is 0.290 e. The van der Waals surface area contributed by atoms with Crippen molar-refractivity contribution in [3.8, 4) is 0 Å². The van der Waals surface area contributed by atoms with Crippen molar-refractivity contribution in [2.24, 2.45) is 0 Å². The molecule has 0 bridgehead atoms. The highest BCUT2D eigenvalue weighted by Gasteiger charge is 2.26. The van der Waals surface area contributed by atoms with E-state index in [-0.39, 0.29) is 17.3 Å². The molecule has 1 aromatic carbocycles. The van der Waals surface area contributed by atoms with E-state index in [9.17, 15) is 13.2 Å². The molecule has 1 fully saturated rings. The SMILES string of the molecule is Cc1cccc[n+]1CC(=O)Nc1cc(S(=O)(=O)N2CCCCC2)ccc1Cl. The van der Waals surface area contributed by atoms with E-state index in [4.69, 9.17) is 11.6 Å². The van der Waals surface area contributed by atoms with Crippen LogP contribution in [0.2, 0.25) is 5.02 Å². The van der Waals surface area contributed by atoms with Crippen molar-refractivity contribution in [1.29, 1.82) is 0 Å². The van der Waals surface area contributed by atoms with Crippen molar-refractivity contribution < 1.29 is 17.8 Å². The fourth-order valence-corrected chi connectivity index (χ4v) is 4.81. The summed E-state index contributed by atoms with van der Waals surface area (Å²) in [6.45, 7) is 3.07. The second-order valence-electron chi connectivity index (χ2n) is 6.62. The maximum absolute atomic E-state index is 12.8. The topological polar surface area (TPSA) is 70.4 Å². The highest BCUT2D eigenvalue weighted by Crippen LogP contribution is 2.28. The molecular weight excluding hydrogens is 386 g/mol. The molecule has 1 saturated heterocycles. The number of hydrogen-bond acceptors (Lipinski definition) is 3. The van der Waals surface area contributed by atoms with Gasteiger partial charge in [0.25, 0.3) is 5.91 Å². The Morgan fingerprint density at radius 1 is 1.19 bits per heavy atom. The Balaban J connectivity index is 1.79. The van der Waals surface area contributed by atoms with Crippen molar-refractivity contribution in [2.45, 2.75) is 37.6 Å². The molecule has 6 nitrogen and oxygen atoms in total. The van der Waals surface area contributed by atoms with E-state index in [2.05, 4.69) is 5.32 Å². The first-order valence-corrected chi connectivity index (χ1v) is 10.7. The van der Waals surface area contributed by atoms with Gasteiger partial charge >= 0.3 is 0 Å². The van der Waals surface area contributed by atoms with E-state index in [0.29, 0.717) is 23.8 Å². The first-order chi connectivity index (χ1) is 12.9. The average Bonchev–Trinajstić information content (AvgIpc) is 2.66. The van der Waals surface area contributed by atoms with Crippen LogP contribution in [0.15, 0.2) is 47.5 Å². The number of aromatic nitrogens is 1. The van der Waals surface area contributed by atoms with Gasteiger partial charge in [0, 0.05) is 32.1 Å². The van der Waals surface area contributed by atoms with E-state index in [0.717, 1.165) is 25.0 Å². The van der Waals surface area contributed by atoms with Crippen LogP contribution in [0.4, 0.5) is 5.69 Å². The summed E-state index contributed by atoms with van der Waals surface area (Å²) in [6.07, 6.45) is 4.59. The monoisotopic (exact) mass is 408 g/mol. The van der Waals surface area contributed by atoms with Gasteiger partial charge in [-0.25, -0.2) is 8.42 Å². The fourth-order valence-electron chi connectivity index (χ4n) is 3.10. The van der Waals surface area contributed by atoms with Gasteiger partial charge in [-0.05, 0) is 31.0 Å². The Hall–Kier alpha value is -1.96. The van der Waals surface area contributed by atoms with Crippen LogP contribution >= 0.6 is 11.6 Å². The van der Waals surface area contributed by atoms with E-state index in [1.807, 2.05) is 31.3 Å². The molecule has 8 heteroatoms. The van der Waals surface area contributed by atoms with Crippen LogP contribution < -0.4 is 9.88 Å². The lowest BCUT2D eigenvalue weighted by Gasteiger charge is -2.26. The predicted octanol–water partition coefficient (Wildman–Crippen LogP) is 2.75. The molecule has 1 amide bonds. The number of sulfonamides is 1. The standard InChI is InChI=1S/C19H22ClN3O3S/c1-15-7-3-6-10-22(15)14-19(24)21-18-13-16(8-9-17(18)20)27(25,26)23-11-4-2-5-12-23/h3,6-10,13H,2,4-5,11-12,14H2,1H3/p+1. The molecule has 144 valence electrons. The molecule has 2 aromatic rings. The lowest BCUT2D eigenvalue weighted by Crippen LogP contribution is -2.42. The number of benzene rings is 1. The molecule has 0 saturated carbocycles. The summed E-state index contributed by atoms with van der Waals surface area (Å²) in [7, 11) is -3.58. The summed E-state index contributed by atoms with van der Waals surface area (Å²) in [4.78, 5) is 12.5.